The molecular weight excluding hydrogens is 244 g/mol. The Bertz CT molecular complexity index is 301. The fourth-order valence-electron chi connectivity index (χ4n) is 2.09. The minimum absolute atomic E-state index is 0.0730. The smallest absolute Gasteiger partial charge is 0.317 e. The molecule has 1 rings (SSSR count). The number of carboxylic acid groups (broad SMARTS) is 1. The van der Waals surface area contributed by atoms with Gasteiger partial charge in [0.2, 0.25) is 0 Å². The highest BCUT2D eigenvalue weighted by atomic mass is 16.4. The van der Waals surface area contributed by atoms with E-state index in [9.17, 15) is 9.59 Å². The van der Waals surface area contributed by atoms with E-state index < -0.39 is 5.97 Å². The van der Waals surface area contributed by atoms with Gasteiger partial charge in [0.15, 0.2) is 0 Å². The molecule has 0 unspecified atom stereocenters. The van der Waals surface area contributed by atoms with Crippen LogP contribution in [0.15, 0.2) is 0 Å². The quantitative estimate of drug-likeness (QED) is 0.632. The second kappa shape index (κ2) is 8.02. The van der Waals surface area contributed by atoms with Crippen molar-refractivity contribution in [2.45, 2.75) is 58.4 Å². The molecule has 1 aliphatic carbocycles. The average Bonchev–Trinajstić information content (AvgIpc) is 3.13. The average molecular weight is 270 g/mol. The molecule has 0 bridgehead atoms. The molecule has 1 fully saturated rings. The van der Waals surface area contributed by atoms with Crippen molar-refractivity contribution in [3.05, 3.63) is 0 Å². The van der Waals surface area contributed by atoms with Gasteiger partial charge in [-0.1, -0.05) is 12.8 Å². The molecule has 0 spiro atoms. The van der Waals surface area contributed by atoms with E-state index in [4.69, 9.17) is 5.11 Å². The molecule has 0 aromatic rings. The van der Waals surface area contributed by atoms with Crippen LogP contribution in [-0.2, 0) is 4.79 Å². The van der Waals surface area contributed by atoms with Gasteiger partial charge in [-0.25, -0.2) is 4.79 Å². The van der Waals surface area contributed by atoms with Gasteiger partial charge < -0.3 is 15.3 Å². The highest BCUT2D eigenvalue weighted by Crippen LogP contribution is 2.33. The van der Waals surface area contributed by atoms with Crippen LogP contribution in [0.2, 0.25) is 0 Å². The van der Waals surface area contributed by atoms with E-state index in [1.54, 1.807) is 4.90 Å². The minimum atomic E-state index is -0.812. The van der Waals surface area contributed by atoms with Gasteiger partial charge in [0.05, 0.1) is 0 Å². The molecule has 2 amide bonds. The van der Waals surface area contributed by atoms with Gasteiger partial charge in [-0.05, 0) is 39.0 Å². The first kappa shape index (κ1) is 15.8. The van der Waals surface area contributed by atoms with Crippen molar-refractivity contribution >= 4 is 12.0 Å². The normalized spacial score (nSPS) is 14.5. The third-order valence-electron chi connectivity index (χ3n) is 3.44. The van der Waals surface area contributed by atoms with Crippen LogP contribution in [0, 0.1) is 5.92 Å². The maximum Gasteiger partial charge on any atom is 0.317 e. The monoisotopic (exact) mass is 270 g/mol. The lowest BCUT2D eigenvalue weighted by Gasteiger charge is -2.26. The first-order chi connectivity index (χ1) is 9.00. The Balaban J connectivity index is 2.19. The van der Waals surface area contributed by atoms with Crippen molar-refractivity contribution in [1.29, 1.82) is 0 Å². The number of aliphatic carboxylic acids is 1. The SMILES string of the molecule is CC(C)N(CCCC(=O)O)C(=O)NCCCC1CC1. The van der Waals surface area contributed by atoms with Crippen molar-refractivity contribution in [1.82, 2.24) is 10.2 Å². The van der Waals surface area contributed by atoms with Crippen molar-refractivity contribution in [2.24, 2.45) is 5.92 Å². The zero-order chi connectivity index (χ0) is 14.3. The topological polar surface area (TPSA) is 69.6 Å². The molecule has 1 saturated carbocycles. The Kier molecular flexibility index (Phi) is 6.67. The maximum absolute atomic E-state index is 12.0. The lowest BCUT2D eigenvalue weighted by atomic mass is 10.2. The summed E-state index contributed by atoms with van der Waals surface area (Å²) in [6.45, 7) is 5.12. The number of hydrogen-bond donors (Lipinski definition) is 2. The van der Waals surface area contributed by atoms with Crippen molar-refractivity contribution in [3.63, 3.8) is 0 Å². The maximum atomic E-state index is 12.0. The van der Waals surface area contributed by atoms with Gasteiger partial charge >= 0.3 is 12.0 Å². The van der Waals surface area contributed by atoms with Gasteiger partial charge in [-0.15, -0.1) is 0 Å². The molecule has 5 nitrogen and oxygen atoms in total. The largest absolute Gasteiger partial charge is 0.481 e. The van der Waals surface area contributed by atoms with Crippen molar-refractivity contribution in [2.75, 3.05) is 13.1 Å². The third kappa shape index (κ3) is 7.03. The van der Waals surface area contributed by atoms with E-state index >= 15 is 0 Å². The van der Waals surface area contributed by atoms with Crippen LogP contribution < -0.4 is 5.32 Å². The molecule has 19 heavy (non-hydrogen) atoms. The van der Waals surface area contributed by atoms with Crippen LogP contribution in [-0.4, -0.2) is 41.1 Å². The number of carboxylic acids is 1. The van der Waals surface area contributed by atoms with E-state index in [2.05, 4.69) is 5.32 Å². The van der Waals surface area contributed by atoms with Crippen LogP contribution in [0.25, 0.3) is 0 Å². The lowest BCUT2D eigenvalue weighted by molar-refractivity contribution is -0.137. The molecule has 0 aromatic heterocycles. The van der Waals surface area contributed by atoms with Gasteiger partial charge in [0.25, 0.3) is 0 Å². The van der Waals surface area contributed by atoms with E-state index in [1.165, 1.54) is 19.3 Å². The Labute approximate surface area is 115 Å². The molecule has 0 aromatic carbocycles. The number of rotatable bonds is 9. The predicted octanol–water partition coefficient (Wildman–Crippen LogP) is 2.46. The highest BCUT2D eigenvalue weighted by molar-refractivity contribution is 5.74. The summed E-state index contributed by atoms with van der Waals surface area (Å²) >= 11 is 0. The van der Waals surface area contributed by atoms with Gasteiger partial charge in [0, 0.05) is 25.6 Å². The zero-order valence-corrected chi connectivity index (χ0v) is 12.0. The molecule has 5 heteroatoms. The van der Waals surface area contributed by atoms with E-state index in [0.717, 1.165) is 18.9 Å². The van der Waals surface area contributed by atoms with Gasteiger partial charge in [0.1, 0.15) is 0 Å². The second-order valence-electron chi connectivity index (χ2n) is 5.60. The number of urea groups is 1. The van der Waals surface area contributed by atoms with Crippen LogP contribution in [0.1, 0.15) is 52.4 Å². The summed E-state index contributed by atoms with van der Waals surface area (Å²) in [6.07, 6.45) is 5.56. The summed E-state index contributed by atoms with van der Waals surface area (Å²) in [5.74, 6) is 0.0854. The summed E-state index contributed by atoms with van der Waals surface area (Å²) in [6, 6.07) is 0.0217. The van der Waals surface area contributed by atoms with Crippen LogP contribution in [0.4, 0.5) is 4.79 Å². The molecule has 0 radical (unpaired) electrons. The summed E-state index contributed by atoms with van der Waals surface area (Å²) in [5, 5.41) is 11.5. The van der Waals surface area contributed by atoms with Gasteiger partial charge in [-0.3, -0.25) is 4.79 Å². The number of nitrogens with zero attached hydrogens (tertiary/aromatic N) is 1. The first-order valence-corrected chi connectivity index (χ1v) is 7.27. The predicted molar refractivity (Wildman–Crippen MR) is 74.1 cm³/mol. The van der Waals surface area contributed by atoms with Crippen molar-refractivity contribution in [3.8, 4) is 0 Å². The zero-order valence-electron chi connectivity index (χ0n) is 12.0. The summed E-state index contributed by atoms with van der Waals surface area (Å²) in [7, 11) is 0. The van der Waals surface area contributed by atoms with E-state index in [1.807, 2.05) is 13.8 Å². The fraction of sp³-hybridized carbons (Fsp3) is 0.857. The molecule has 110 valence electrons. The van der Waals surface area contributed by atoms with Gasteiger partial charge in [-0.2, -0.15) is 0 Å². The Morgan fingerprint density at radius 1 is 1.32 bits per heavy atom. The van der Waals surface area contributed by atoms with Crippen molar-refractivity contribution < 1.29 is 14.7 Å². The fourth-order valence-corrected chi connectivity index (χ4v) is 2.09. The summed E-state index contributed by atoms with van der Waals surface area (Å²) < 4.78 is 0. The number of amides is 2. The summed E-state index contributed by atoms with van der Waals surface area (Å²) in [5.41, 5.74) is 0. The first-order valence-electron chi connectivity index (χ1n) is 7.27. The Morgan fingerprint density at radius 3 is 2.53 bits per heavy atom. The standard InChI is InChI=1S/C14H26N2O3/c1-11(2)16(10-4-6-13(17)18)14(19)15-9-3-5-12-7-8-12/h11-12H,3-10H2,1-2H3,(H,15,19)(H,17,18). The third-order valence-corrected chi connectivity index (χ3v) is 3.44. The second-order valence-corrected chi connectivity index (χ2v) is 5.60. The number of nitrogens with one attached hydrogen (secondary N) is 1. The molecule has 0 saturated heterocycles. The Morgan fingerprint density at radius 2 is 2.00 bits per heavy atom. The Hall–Kier alpha value is -1.26. The number of carbonyl (C=O) groups excluding carboxylic acids is 1. The molecule has 0 heterocycles. The molecular formula is C14H26N2O3. The number of hydrogen-bond acceptors (Lipinski definition) is 2. The lowest BCUT2D eigenvalue weighted by Crippen LogP contribution is -2.44. The molecule has 2 N–H and O–H groups in total. The molecule has 0 aliphatic heterocycles. The van der Waals surface area contributed by atoms with Crippen LogP contribution in [0.3, 0.4) is 0 Å². The van der Waals surface area contributed by atoms with Crippen LogP contribution in [0.5, 0.6) is 0 Å². The van der Waals surface area contributed by atoms with E-state index in [0.29, 0.717) is 13.0 Å². The highest BCUT2D eigenvalue weighted by Gasteiger charge is 2.21. The molecule has 0 atom stereocenters. The van der Waals surface area contributed by atoms with E-state index in [-0.39, 0.29) is 18.5 Å². The summed E-state index contributed by atoms with van der Waals surface area (Å²) in [4.78, 5) is 24.2. The number of carbonyl (C=O) groups is 2. The molecule has 1 aliphatic rings. The minimum Gasteiger partial charge on any atom is -0.481 e. The van der Waals surface area contributed by atoms with Crippen LogP contribution >= 0.6 is 0 Å².